The van der Waals surface area contributed by atoms with Gasteiger partial charge in [-0.15, -0.1) is 11.8 Å². The van der Waals surface area contributed by atoms with E-state index in [2.05, 4.69) is 37.9 Å². The lowest BCUT2D eigenvalue weighted by atomic mass is 10.1. The minimum absolute atomic E-state index is 0.117. The van der Waals surface area contributed by atoms with Crippen LogP contribution < -0.4 is 0 Å². The maximum atomic E-state index is 12.8. The SMILES string of the molecule is CC(C)(C)Sc1ccc(C2CCCN2C(=O)c2ccccc2)cn1. The molecule has 1 aliphatic heterocycles. The minimum Gasteiger partial charge on any atom is -0.332 e. The number of pyridine rings is 1. The Hall–Kier alpha value is -1.81. The number of nitrogens with zero attached hydrogens (tertiary/aromatic N) is 2. The lowest BCUT2D eigenvalue weighted by Gasteiger charge is -2.25. The molecule has 0 radical (unpaired) electrons. The molecule has 3 rings (SSSR count). The van der Waals surface area contributed by atoms with Crippen LogP contribution in [0.25, 0.3) is 0 Å². The highest BCUT2D eigenvalue weighted by Gasteiger charge is 2.30. The van der Waals surface area contributed by atoms with E-state index >= 15 is 0 Å². The zero-order valence-electron chi connectivity index (χ0n) is 14.5. The molecule has 1 amide bonds. The molecule has 1 saturated heterocycles. The molecule has 1 fully saturated rings. The predicted molar refractivity (Wildman–Crippen MR) is 99.3 cm³/mol. The Morgan fingerprint density at radius 3 is 2.54 bits per heavy atom. The standard InChI is InChI=1S/C20H24N2OS/c1-20(2,3)24-18-12-11-16(14-21-18)17-10-7-13-22(17)19(23)15-8-5-4-6-9-15/h4-6,8-9,11-12,14,17H,7,10,13H2,1-3H3. The van der Waals surface area contributed by atoms with Gasteiger partial charge >= 0.3 is 0 Å². The van der Waals surface area contributed by atoms with Crippen LogP contribution in [0.5, 0.6) is 0 Å². The third-order valence-corrected chi connectivity index (χ3v) is 5.15. The summed E-state index contributed by atoms with van der Waals surface area (Å²) in [5, 5.41) is 1.03. The zero-order valence-corrected chi connectivity index (χ0v) is 15.3. The van der Waals surface area contributed by atoms with Crippen molar-refractivity contribution in [1.82, 2.24) is 9.88 Å². The van der Waals surface area contributed by atoms with E-state index in [1.807, 2.05) is 41.4 Å². The van der Waals surface area contributed by atoms with Gasteiger partial charge in [0, 0.05) is 23.1 Å². The molecule has 1 aliphatic rings. The molecule has 4 heteroatoms. The number of aromatic nitrogens is 1. The average molecular weight is 340 g/mol. The lowest BCUT2D eigenvalue weighted by molar-refractivity contribution is 0.0735. The van der Waals surface area contributed by atoms with Gasteiger partial charge in [0.15, 0.2) is 0 Å². The van der Waals surface area contributed by atoms with Crippen molar-refractivity contribution < 1.29 is 4.79 Å². The van der Waals surface area contributed by atoms with Crippen LogP contribution >= 0.6 is 11.8 Å². The lowest BCUT2D eigenvalue weighted by Crippen LogP contribution is -2.30. The van der Waals surface area contributed by atoms with Crippen LogP contribution in [0.4, 0.5) is 0 Å². The van der Waals surface area contributed by atoms with Crippen molar-refractivity contribution in [1.29, 1.82) is 0 Å². The third-order valence-electron chi connectivity index (χ3n) is 4.09. The quantitative estimate of drug-likeness (QED) is 0.741. The van der Waals surface area contributed by atoms with Gasteiger partial charge in [-0.1, -0.05) is 45.0 Å². The van der Waals surface area contributed by atoms with Gasteiger partial charge in [0.25, 0.3) is 5.91 Å². The molecular weight excluding hydrogens is 316 g/mol. The smallest absolute Gasteiger partial charge is 0.254 e. The number of hydrogen-bond donors (Lipinski definition) is 0. The Kier molecular flexibility index (Phi) is 4.95. The van der Waals surface area contributed by atoms with Crippen molar-refractivity contribution in [2.75, 3.05) is 6.54 Å². The Bertz CT molecular complexity index is 692. The molecule has 1 aromatic heterocycles. The predicted octanol–water partition coefficient (Wildman–Crippen LogP) is 4.95. The first-order valence-electron chi connectivity index (χ1n) is 8.45. The fourth-order valence-electron chi connectivity index (χ4n) is 3.07. The molecule has 1 unspecified atom stereocenters. The normalized spacial score (nSPS) is 18.0. The maximum absolute atomic E-state index is 12.8. The van der Waals surface area contributed by atoms with E-state index < -0.39 is 0 Å². The summed E-state index contributed by atoms with van der Waals surface area (Å²) in [4.78, 5) is 19.4. The van der Waals surface area contributed by atoms with E-state index in [1.165, 1.54) is 0 Å². The Balaban J connectivity index is 1.77. The van der Waals surface area contributed by atoms with Crippen LogP contribution in [0.15, 0.2) is 53.7 Å². The summed E-state index contributed by atoms with van der Waals surface area (Å²) in [7, 11) is 0. The summed E-state index contributed by atoms with van der Waals surface area (Å²) in [6.07, 6.45) is 3.99. The van der Waals surface area contributed by atoms with Crippen LogP contribution in [-0.2, 0) is 0 Å². The summed E-state index contributed by atoms with van der Waals surface area (Å²) in [6, 6.07) is 13.9. The van der Waals surface area contributed by atoms with Gasteiger partial charge in [-0.2, -0.15) is 0 Å². The van der Waals surface area contributed by atoms with Gasteiger partial charge in [-0.25, -0.2) is 4.98 Å². The maximum Gasteiger partial charge on any atom is 0.254 e. The van der Waals surface area contributed by atoms with E-state index in [0.717, 1.165) is 35.5 Å². The number of amides is 1. The number of thioether (sulfide) groups is 1. The average Bonchev–Trinajstić information content (AvgIpc) is 3.04. The summed E-state index contributed by atoms with van der Waals surface area (Å²) >= 11 is 1.76. The zero-order chi connectivity index (χ0) is 17.2. The van der Waals surface area contributed by atoms with Crippen molar-refractivity contribution >= 4 is 17.7 Å². The summed E-state index contributed by atoms with van der Waals surface area (Å²) in [5.41, 5.74) is 1.90. The van der Waals surface area contributed by atoms with Gasteiger partial charge in [0.1, 0.15) is 0 Å². The van der Waals surface area contributed by atoms with Gasteiger partial charge < -0.3 is 4.90 Å². The topological polar surface area (TPSA) is 33.2 Å². The Morgan fingerprint density at radius 2 is 1.92 bits per heavy atom. The van der Waals surface area contributed by atoms with Crippen LogP contribution in [0.2, 0.25) is 0 Å². The molecule has 0 N–H and O–H groups in total. The number of carbonyl (C=O) groups excluding carboxylic acids is 1. The summed E-state index contributed by atoms with van der Waals surface area (Å²) in [5.74, 6) is 0.117. The van der Waals surface area contributed by atoms with Gasteiger partial charge in [0.05, 0.1) is 11.1 Å². The number of benzene rings is 1. The van der Waals surface area contributed by atoms with E-state index in [1.54, 1.807) is 11.8 Å². The third kappa shape index (κ3) is 3.99. The van der Waals surface area contributed by atoms with Crippen molar-refractivity contribution in [3.8, 4) is 0 Å². The largest absolute Gasteiger partial charge is 0.332 e. The van der Waals surface area contributed by atoms with Crippen LogP contribution in [0.3, 0.4) is 0 Å². The monoisotopic (exact) mass is 340 g/mol. The van der Waals surface area contributed by atoms with Crippen molar-refractivity contribution in [3.05, 3.63) is 59.8 Å². The highest BCUT2D eigenvalue weighted by Crippen LogP contribution is 2.35. The molecule has 0 saturated carbocycles. The molecule has 1 aromatic carbocycles. The molecule has 2 aromatic rings. The van der Waals surface area contributed by atoms with Crippen molar-refractivity contribution in [3.63, 3.8) is 0 Å². The van der Waals surface area contributed by atoms with Crippen molar-refractivity contribution in [2.45, 2.75) is 49.4 Å². The molecule has 126 valence electrons. The van der Waals surface area contributed by atoms with Gasteiger partial charge in [0.2, 0.25) is 0 Å². The molecular formula is C20H24N2OS. The second kappa shape index (κ2) is 6.98. The number of likely N-dealkylation sites (tertiary alicyclic amines) is 1. The highest BCUT2D eigenvalue weighted by molar-refractivity contribution is 8.00. The first-order valence-corrected chi connectivity index (χ1v) is 9.27. The second-order valence-electron chi connectivity index (χ2n) is 7.17. The fraction of sp³-hybridized carbons (Fsp3) is 0.400. The highest BCUT2D eigenvalue weighted by atomic mass is 32.2. The molecule has 0 aliphatic carbocycles. The minimum atomic E-state index is 0.117. The molecule has 0 spiro atoms. The Labute approximate surface area is 148 Å². The number of hydrogen-bond acceptors (Lipinski definition) is 3. The van der Waals surface area contributed by atoms with E-state index in [0.29, 0.717) is 0 Å². The van der Waals surface area contributed by atoms with Crippen LogP contribution in [0.1, 0.15) is 55.6 Å². The molecule has 0 bridgehead atoms. The van der Waals surface area contributed by atoms with E-state index in [-0.39, 0.29) is 16.7 Å². The summed E-state index contributed by atoms with van der Waals surface area (Å²) < 4.78 is 0.150. The first kappa shape index (κ1) is 17.0. The van der Waals surface area contributed by atoms with Crippen LogP contribution in [0, 0.1) is 0 Å². The van der Waals surface area contributed by atoms with E-state index in [4.69, 9.17) is 0 Å². The number of carbonyl (C=O) groups is 1. The molecule has 2 heterocycles. The molecule has 3 nitrogen and oxygen atoms in total. The van der Waals surface area contributed by atoms with Crippen LogP contribution in [-0.4, -0.2) is 27.1 Å². The Morgan fingerprint density at radius 1 is 1.17 bits per heavy atom. The van der Waals surface area contributed by atoms with Gasteiger partial charge in [-0.05, 0) is 36.6 Å². The molecule has 1 atom stereocenters. The second-order valence-corrected chi connectivity index (χ2v) is 9.01. The fourth-order valence-corrected chi connectivity index (χ4v) is 3.93. The molecule has 24 heavy (non-hydrogen) atoms. The van der Waals surface area contributed by atoms with E-state index in [9.17, 15) is 4.79 Å². The van der Waals surface area contributed by atoms with Gasteiger partial charge in [-0.3, -0.25) is 4.79 Å². The number of rotatable bonds is 3. The first-order chi connectivity index (χ1) is 11.4. The summed E-state index contributed by atoms with van der Waals surface area (Å²) in [6.45, 7) is 7.37. The van der Waals surface area contributed by atoms with Crippen molar-refractivity contribution in [2.24, 2.45) is 0 Å².